The number of fused-ring (bicyclic) bond motifs is 1. The van der Waals surface area contributed by atoms with Crippen LogP contribution in [-0.4, -0.2) is 70.7 Å². The summed E-state index contributed by atoms with van der Waals surface area (Å²) in [5.74, 6) is 3.00. The van der Waals surface area contributed by atoms with Crippen LogP contribution in [-0.2, 0) is 9.53 Å². The molecule has 0 spiro atoms. The lowest BCUT2D eigenvalue weighted by Gasteiger charge is -2.41. The van der Waals surface area contributed by atoms with Crippen LogP contribution in [0.2, 0.25) is 0 Å². The number of morpholine rings is 1. The van der Waals surface area contributed by atoms with Crippen LogP contribution in [0.25, 0.3) is 5.69 Å². The first-order valence-corrected chi connectivity index (χ1v) is 12.9. The van der Waals surface area contributed by atoms with Crippen LogP contribution >= 0.6 is 11.8 Å². The summed E-state index contributed by atoms with van der Waals surface area (Å²) in [5, 5.41) is 9.81. The number of carbonyl (C=O) groups excluding carboxylic acids is 1. The zero-order valence-electron chi connectivity index (χ0n) is 18.9. The van der Waals surface area contributed by atoms with Gasteiger partial charge in [0.1, 0.15) is 0 Å². The lowest BCUT2D eigenvalue weighted by molar-refractivity contribution is -0.131. The van der Waals surface area contributed by atoms with Crippen molar-refractivity contribution in [3.05, 3.63) is 29.8 Å². The van der Waals surface area contributed by atoms with Gasteiger partial charge in [0.15, 0.2) is 5.16 Å². The quantitative estimate of drug-likeness (QED) is 0.643. The minimum atomic E-state index is 0.228. The molecular weight excluding hydrogens is 422 g/mol. The average molecular weight is 456 g/mol. The van der Waals surface area contributed by atoms with Gasteiger partial charge in [0, 0.05) is 26.2 Å². The summed E-state index contributed by atoms with van der Waals surface area (Å²) in [6.07, 6.45) is 6.49. The Morgan fingerprint density at radius 3 is 2.72 bits per heavy atom. The standard InChI is InChI=1S/C24H33N5O2S/c1-18-5-4-8-21(15-18)29-23(27-11-13-31-14-12-27)25-26-24(29)32-17-22(30)28-10-9-19-6-2-3-7-20(19)16-28/h4-5,8,15,19-20H,2-3,6-7,9-14,16-17H2,1H3. The van der Waals surface area contributed by atoms with Crippen LogP contribution in [0.5, 0.6) is 0 Å². The molecule has 0 radical (unpaired) electrons. The Morgan fingerprint density at radius 1 is 1.09 bits per heavy atom. The number of hydrogen-bond acceptors (Lipinski definition) is 6. The molecule has 7 nitrogen and oxygen atoms in total. The first-order valence-electron chi connectivity index (χ1n) is 11.9. The predicted octanol–water partition coefficient (Wildman–Crippen LogP) is 3.54. The minimum Gasteiger partial charge on any atom is -0.378 e. The maximum absolute atomic E-state index is 13.1. The molecule has 1 amide bonds. The summed E-state index contributed by atoms with van der Waals surface area (Å²) in [6.45, 7) is 6.91. The molecule has 1 aliphatic carbocycles. The number of amides is 1. The highest BCUT2D eigenvalue weighted by molar-refractivity contribution is 7.99. The Hall–Kier alpha value is -2.06. The number of aromatic nitrogens is 3. The van der Waals surface area contributed by atoms with E-state index in [1.165, 1.54) is 49.4 Å². The van der Waals surface area contributed by atoms with Crippen molar-refractivity contribution in [2.45, 2.75) is 44.2 Å². The molecule has 2 aromatic rings. The number of likely N-dealkylation sites (tertiary alicyclic amines) is 1. The Labute approximate surface area is 194 Å². The van der Waals surface area contributed by atoms with E-state index in [1.807, 2.05) is 0 Å². The van der Waals surface area contributed by atoms with E-state index < -0.39 is 0 Å². The van der Waals surface area contributed by atoms with Crippen molar-refractivity contribution in [1.29, 1.82) is 0 Å². The minimum absolute atomic E-state index is 0.228. The third-order valence-corrected chi connectivity index (χ3v) is 8.05. The molecule has 2 saturated heterocycles. The first kappa shape index (κ1) is 21.8. The maximum atomic E-state index is 13.1. The van der Waals surface area contributed by atoms with Gasteiger partial charge < -0.3 is 14.5 Å². The largest absolute Gasteiger partial charge is 0.378 e. The molecule has 0 bridgehead atoms. The molecule has 1 aromatic heterocycles. The number of aryl methyl sites for hydroxylation is 1. The first-order chi connectivity index (χ1) is 15.7. The number of thioether (sulfide) groups is 1. The lowest BCUT2D eigenvalue weighted by Crippen LogP contribution is -2.45. The smallest absolute Gasteiger partial charge is 0.233 e. The van der Waals surface area contributed by atoms with Crippen molar-refractivity contribution < 1.29 is 9.53 Å². The second-order valence-corrected chi connectivity index (χ2v) is 10.2. The zero-order chi connectivity index (χ0) is 21.9. The predicted molar refractivity (Wildman–Crippen MR) is 126 cm³/mol. The van der Waals surface area contributed by atoms with Crippen LogP contribution in [0, 0.1) is 18.8 Å². The molecule has 32 heavy (non-hydrogen) atoms. The van der Waals surface area contributed by atoms with Crippen molar-refractivity contribution in [3.63, 3.8) is 0 Å². The van der Waals surface area contributed by atoms with Gasteiger partial charge in [0.25, 0.3) is 0 Å². The van der Waals surface area contributed by atoms with Gasteiger partial charge in [-0.1, -0.05) is 43.2 Å². The van der Waals surface area contributed by atoms with E-state index in [2.05, 4.69) is 55.8 Å². The van der Waals surface area contributed by atoms with Gasteiger partial charge in [-0.05, 0) is 49.3 Å². The summed E-state index contributed by atoms with van der Waals surface area (Å²) in [7, 11) is 0. The van der Waals surface area contributed by atoms with Crippen LogP contribution in [0.1, 0.15) is 37.7 Å². The molecule has 1 saturated carbocycles. The molecule has 2 aliphatic heterocycles. The van der Waals surface area contributed by atoms with Gasteiger partial charge >= 0.3 is 0 Å². The molecule has 5 rings (SSSR count). The van der Waals surface area contributed by atoms with Crippen LogP contribution in [0.4, 0.5) is 5.95 Å². The van der Waals surface area contributed by atoms with Gasteiger partial charge in [-0.3, -0.25) is 9.36 Å². The van der Waals surface area contributed by atoms with E-state index in [0.29, 0.717) is 24.9 Å². The number of nitrogens with zero attached hydrogens (tertiary/aromatic N) is 5. The molecule has 3 fully saturated rings. The van der Waals surface area contributed by atoms with Gasteiger partial charge in [0.2, 0.25) is 11.9 Å². The molecule has 8 heteroatoms. The molecule has 2 unspecified atom stereocenters. The number of ether oxygens (including phenoxy) is 1. The molecule has 3 aliphatic rings. The molecule has 1 aromatic carbocycles. The fourth-order valence-electron chi connectivity index (χ4n) is 5.36. The van der Waals surface area contributed by atoms with Crippen LogP contribution in [0.3, 0.4) is 0 Å². The Kier molecular flexibility index (Phi) is 6.69. The topological polar surface area (TPSA) is 63.5 Å². The van der Waals surface area contributed by atoms with E-state index in [0.717, 1.165) is 48.9 Å². The number of hydrogen-bond donors (Lipinski definition) is 0. The highest BCUT2D eigenvalue weighted by atomic mass is 32.2. The number of carbonyl (C=O) groups is 1. The van der Waals surface area contributed by atoms with Crippen LogP contribution in [0.15, 0.2) is 29.4 Å². The second kappa shape index (κ2) is 9.83. The summed E-state index contributed by atoms with van der Waals surface area (Å²) in [6, 6.07) is 8.38. The maximum Gasteiger partial charge on any atom is 0.233 e. The average Bonchev–Trinajstić information content (AvgIpc) is 3.27. The van der Waals surface area contributed by atoms with E-state index >= 15 is 0 Å². The highest BCUT2D eigenvalue weighted by Crippen LogP contribution is 2.36. The van der Waals surface area contributed by atoms with Crippen molar-refractivity contribution in [1.82, 2.24) is 19.7 Å². The summed E-state index contributed by atoms with van der Waals surface area (Å²) in [4.78, 5) is 17.4. The van der Waals surface area contributed by atoms with Crippen molar-refractivity contribution >= 4 is 23.6 Å². The third-order valence-electron chi connectivity index (χ3n) is 7.14. The normalized spacial score (nSPS) is 23.8. The summed E-state index contributed by atoms with van der Waals surface area (Å²) < 4.78 is 7.62. The van der Waals surface area contributed by atoms with Crippen molar-refractivity contribution in [2.24, 2.45) is 11.8 Å². The number of anilines is 1. The second-order valence-electron chi connectivity index (χ2n) is 9.28. The molecule has 0 N–H and O–H groups in total. The van der Waals surface area contributed by atoms with E-state index in [9.17, 15) is 4.79 Å². The Morgan fingerprint density at radius 2 is 1.91 bits per heavy atom. The van der Waals surface area contributed by atoms with E-state index in [1.54, 1.807) is 0 Å². The van der Waals surface area contributed by atoms with Gasteiger partial charge in [0.05, 0.1) is 24.7 Å². The van der Waals surface area contributed by atoms with Gasteiger partial charge in [-0.15, -0.1) is 10.2 Å². The Bertz CT molecular complexity index is 942. The highest BCUT2D eigenvalue weighted by Gasteiger charge is 2.33. The molecular formula is C24H33N5O2S. The number of benzene rings is 1. The van der Waals surface area contributed by atoms with Gasteiger partial charge in [-0.2, -0.15) is 0 Å². The van der Waals surface area contributed by atoms with Crippen molar-refractivity contribution in [2.75, 3.05) is 50.0 Å². The summed E-state index contributed by atoms with van der Waals surface area (Å²) >= 11 is 1.50. The fraction of sp³-hybridized carbons (Fsp3) is 0.625. The third kappa shape index (κ3) is 4.66. The van der Waals surface area contributed by atoms with Gasteiger partial charge in [-0.25, -0.2) is 0 Å². The van der Waals surface area contributed by atoms with Crippen molar-refractivity contribution in [3.8, 4) is 5.69 Å². The molecule has 3 heterocycles. The Balaban J connectivity index is 1.32. The van der Waals surface area contributed by atoms with E-state index in [-0.39, 0.29) is 5.91 Å². The number of rotatable bonds is 5. The number of piperidine rings is 1. The lowest BCUT2D eigenvalue weighted by atomic mass is 9.75. The van der Waals surface area contributed by atoms with Crippen LogP contribution < -0.4 is 4.90 Å². The molecule has 2 atom stereocenters. The zero-order valence-corrected chi connectivity index (χ0v) is 19.7. The fourth-order valence-corrected chi connectivity index (χ4v) is 6.21. The molecule has 172 valence electrons. The van der Waals surface area contributed by atoms with E-state index in [4.69, 9.17) is 4.74 Å². The summed E-state index contributed by atoms with van der Waals surface area (Å²) in [5.41, 5.74) is 2.22. The monoisotopic (exact) mass is 455 g/mol. The SMILES string of the molecule is Cc1cccc(-n2c(SCC(=O)N3CCC4CCCCC4C3)nnc2N2CCOCC2)c1.